The number of amides is 1. The van der Waals surface area contributed by atoms with Crippen molar-refractivity contribution >= 4 is 28.3 Å². The summed E-state index contributed by atoms with van der Waals surface area (Å²) in [4.78, 5) is 21.4. The van der Waals surface area contributed by atoms with Gasteiger partial charge < -0.3 is 15.0 Å². The normalized spacial score (nSPS) is 14.4. The number of carbonyl (C=O) groups is 1. The molecule has 0 aliphatic carbocycles. The van der Waals surface area contributed by atoms with E-state index in [1.165, 1.54) is 0 Å². The highest BCUT2D eigenvalue weighted by atomic mass is 16.3. The minimum Gasteiger partial charge on any atom is -0.390 e. The van der Waals surface area contributed by atoms with Gasteiger partial charge in [0.25, 0.3) is 0 Å². The van der Waals surface area contributed by atoms with E-state index in [0.29, 0.717) is 30.3 Å². The molecule has 7 nitrogen and oxygen atoms in total. The minimum absolute atomic E-state index is 0.0691. The number of rotatable bonds is 7. The highest BCUT2D eigenvalue weighted by Crippen LogP contribution is 2.28. The van der Waals surface area contributed by atoms with Crippen molar-refractivity contribution < 1.29 is 9.90 Å². The van der Waals surface area contributed by atoms with E-state index in [-0.39, 0.29) is 12.5 Å². The largest absolute Gasteiger partial charge is 0.390 e. The van der Waals surface area contributed by atoms with Crippen molar-refractivity contribution in [2.75, 3.05) is 13.7 Å². The van der Waals surface area contributed by atoms with Crippen molar-refractivity contribution in [1.82, 2.24) is 19.9 Å². The fourth-order valence-electron chi connectivity index (χ4n) is 3.43. The van der Waals surface area contributed by atoms with Crippen LogP contribution in [0.1, 0.15) is 37.7 Å². The van der Waals surface area contributed by atoms with Crippen LogP contribution in [-0.4, -0.2) is 50.3 Å². The first-order chi connectivity index (χ1) is 14.7. The molecule has 162 valence electrons. The summed E-state index contributed by atoms with van der Waals surface area (Å²) in [7, 11) is 1.77. The number of nitrogens with zero attached hydrogens (tertiary/aromatic N) is 4. The Morgan fingerprint density at radius 3 is 2.55 bits per heavy atom. The third kappa shape index (κ3) is 4.83. The minimum atomic E-state index is -0.211. The molecule has 31 heavy (non-hydrogen) atoms. The lowest BCUT2D eigenvalue weighted by molar-refractivity contribution is -0.129. The fourth-order valence-corrected chi connectivity index (χ4v) is 3.43. The van der Waals surface area contributed by atoms with Crippen LogP contribution in [0, 0.1) is 0 Å². The number of benzene rings is 1. The van der Waals surface area contributed by atoms with E-state index in [4.69, 9.17) is 0 Å². The van der Waals surface area contributed by atoms with Gasteiger partial charge in [0.15, 0.2) is 5.82 Å². The number of H-pyrrole nitrogens is 1. The van der Waals surface area contributed by atoms with E-state index >= 15 is 0 Å². The molecule has 1 amide bonds. The lowest BCUT2D eigenvalue weighted by Gasteiger charge is -2.16. The summed E-state index contributed by atoms with van der Waals surface area (Å²) in [6, 6.07) is 4.06. The smallest absolute Gasteiger partial charge is 0.220 e. The number of aliphatic hydroxyl groups is 1. The van der Waals surface area contributed by atoms with Crippen molar-refractivity contribution in [1.29, 1.82) is 0 Å². The molecule has 1 aromatic carbocycles. The Kier molecular flexibility index (Phi) is 6.56. The predicted molar refractivity (Wildman–Crippen MR) is 125 cm³/mol. The molecule has 0 fully saturated rings. The molecule has 2 N–H and O–H groups in total. The summed E-state index contributed by atoms with van der Waals surface area (Å²) < 4.78 is 0. The third-order valence-electron chi connectivity index (χ3n) is 5.25. The lowest BCUT2D eigenvalue weighted by Crippen LogP contribution is -2.21. The highest BCUT2D eigenvalue weighted by molar-refractivity contribution is 6.03. The molecule has 0 saturated carbocycles. The molecule has 7 heteroatoms. The van der Waals surface area contributed by atoms with Crippen LogP contribution in [0.5, 0.6) is 0 Å². The number of hydrazone groups is 1. The zero-order valence-electron chi connectivity index (χ0n) is 18.6. The maximum Gasteiger partial charge on any atom is 0.220 e. The van der Waals surface area contributed by atoms with Crippen molar-refractivity contribution in [3.63, 3.8) is 0 Å². The van der Waals surface area contributed by atoms with E-state index in [1.54, 1.807) is 19.0 Å². The van der Waals surface area contributed by atoms with Gasteiger partial charge in [-0.1, -0.05) is 37.0 Å². The SMILES string of the molecule is C=C(C)\C=C/C(=C\C)C(/CO)=N/N(C)C(=C)c1nc2cc3c(cc2[nH]1)CN(C(C)=O)C3. The predicted octanol–water partition coefficient (Wildman–Crippen LogP) is 3.75. The summed E-state index contributed by atoms with van der Waals surface area (Å²) in [5, 5.41) is 16.0. The van der Waals surface area contributed by atoms with Gasteiger partial charge in [0.2, 0.25) is 5.91 Å². The lowest BCUT2D eigenvalue weighted by atomic mass is 10.1. The summed E-state index contributed by atoms with van der Waals surface area (Å²) in [6.07, 6.45) is 5.64. The van der Waals surface area contributed by atoms with Crippen LogP contribution in [-0.2, 0) is 17.9 Å². The number of carbonyl (C=O) groups excluding carboxylic acids is 1. The number of aliphatic hydroxyl groups excluding tert-OH is 1. The second kappa shape index (κ2) is 9.14. The number of hydrogen-bond donors (Lipinski definition) is 2. The van der Waals surface area contributed by atoms with Crippen LogP contribution in [0.4, 0.5) is 0 Å². The van der Waals surface area contributed by atoms with Gasteiger partial charge in [-0.05, 0) is 42.7 Å². The van der Waals surface area contributed by atoms with Gasteiger partial charge in [-0.25, -0.2) is 4.98 Å². The van der Waals surface area contributed by atoms with Crippen LogP contribution in [0.25, 0.3) is 16.7 Å². The first kappa shape index (κ1) is 22.2. The number of imidazole rings is 1. The van der Waals surface area contributed by atoms with Gasteiger partial charge in [0.1, 0.15) is 0 Å². The number of fused-ring (bicyclic) bond motifs is 2. The maximum absolute atomic E-state index is 11.7. The summed E-state index contributed by atoms with van der Waals surface area (Å²) >= 11 is 0. The first-order valence-corrected chi connectivity index (χ1v) is 10.1. The number of nitrogens with one attached hydrogen (secondary N) is 1. The van der Waals surface area contributed by atoms with Crippen LogP contribution in [0.2, 0.25) is 0 Å². The van der Waals surface area contributed by atoms with Crippen molar-refractivity contribution in [2.45, 2.75) is 33.9 Å². The average Bonchev–Trinajstić information content (AvgIpc) is 3.33. The van der Waals surface area contributed by atoms with Gasteiger partial charge >= 0.3 is 0 Å². The molecule has 0 spiro atoms. The zero-order chi connectivity index (χ0) is 22.7. The van der Waals surface area contributed by atoms with Crippen molar-refractivity contribution in [3.8, 4) is 0 Å². The Morgan fingerprint density at radius 1 is 1.29 bits per heavy atom. The molecular formula is C24H29N5O2. The second-order valence-corrected chi connectivity index (χ2v) is 7.70. The monoisotopic (exact) mass is 419 g/mol. The Bertz CT molecular complexity index is 1090. The number of hydrogen-bond acceptors (Lipinski definition) is 5. The van der Waals surface area contributed by atoms with Crippen LogP contribution < -0.4 is 0 Å². The molecule has 3 rings (SSSR count). The third-order valence-corrected chi connectivity index (χ3v) is 5.25. The fraction of sp³-hybridized carbons (Fsp3) is 0.292. The number of allylic oxidation sites excluding steroid dienone is 4. The average molecular weight is 420 g/mol. The van der Waals surface area contributed by atoms with Crippen LogP contribution in [0.3, 0.4) is 0 Å². The molecule has 0 unspecified atom stereocenters. The van der Waals surface area contributed by atoms with Gasteiger partial charge in [0, 0.05) is 27.1 Å². The molecule has 2 aromatic rings. The van der Waals surface area contributed by atoms with E-state index in [1.807, 2.05) is 49.1 Å². The van der Waals surface area contributed by atoms with E-state index < -0.39 is 0 Å². The van der Waals surface area contributed by atoms with Crippen molar-refractivity contribution in [3.05, 3.63) is 71.6 Å². The zero-order valence-corrected chi connectivity index (χ0v) is 18.6. The summed E-state index contributed by atoms with van der Waals surface area (Å²) in [5.74, 6) is 0.671. The molecular weight excluding hydrogens is 390 g/mol. The van der Waals surface area contributed by atoms with Crippen LogP contribution in [0.15, 0.2) is 59.8 Å². The summed E-state index contributed by atoms with van der Waals surface area (Å²) in [6.45, 7) is 14.4. The van der Waals surface area contributed by atoms with E-state index in [2.05, 4.69) is 28.2 Å². The quantitative estimate of drug-likeness (QED) is 0.407. The molecule has 0 atom stereocenters. The molecule has 2 heterocycles. The number of aromatic nitrogens is 2. The first-order valence-electron chi connectivity index (χ1n) is 10.1. The molecule has 0 saturated heterocycles. The second-order valence-electron chi connectivity index (χ2n) is 7.70. The molecule has 0 radical (unpaired) electrons. The Morgan fingerprint density at radius 2 is 1.97 bits per heavy atom. The van der Waals surface area contributed by atoms with Crippen molar-refractivity contribution in [2.24, 2.45) is 5.10 Å². The van der Waals surface area contributed by atoms with E-state index in [0.717, 1.165) is 33.3 Å². The van der Waals surface area contributed by atoms with Crippen LogP contribution >= 0.6 is 0 Å². The topological polar surface area (TPSA) is 84.8 Å². The Hall–Kier alpha value is -3.45. The standard InChI is InChI=1S/C24H29N5O2/c1-7-18(9-8-15(2)3)23(14-30)27-28(6)16(4)24-25-21-10-19-12-29(17(5)31)13-20(19)11-22(21)26-24/h7-11,30H,2,4,12-14H2,1,3,5-6H3,(H,25,26)/b9-8-,18-7+,27-23+. The van der Waals surface area contributed by atoms with Gasteiger partial charge in [-0.2, -0.15) is 5.10 Å². The number of aromatic amines is 1. The molecule has 1 aliphatic rings. The van der Waals surface area contributed by atoms with Gasteiger partial charge in [-0.3, -0.25) is 9.80 Å². The van der Waals surface area contributed by atoms with Gasteiger partial charge in [-0.15, -0.1) is 0 Å². The molecule has 1 aromatic heterocycles. The molecule has 1 aliphatic heterocycles. The van der Waals surface area contributed by atoms with E-state index in [9.17, 15) is 9.90 Å². The Labute approximate surface area is 182 Å². The highest BCUT2D eigenvalue weighted by Gasteiger charge is 2.22. The van der Waals surface area contributed by atoms with Gasteiger partial charge in [0.05, 0.1) is 29.0 Å². The summed E-state index contributed by atoms with van der Waals surface area (Å²) in [5.41, 5.74) is 6.75. The maximum atomic E-state index is 11.7. The molecule has 0 bridgehead atoms. The Balaban J connectivity index is 1.84.